The Morgan fingerprint density at radius 2 is 2.38 bits per heavy atom. The maximum atomic E-state index is 12.2. The Kier molecular flexibility index (Phi) is 5.42. The summed E-state index contributed by atoms with van der Waals surface area (Å²) in [4.78, 5) is 14.5. The molecule has 1 aliphatic heterocycles. The van der Waals surface area contributed by atoms with Gasteiger partial charge in [0, 0.05) is 18.6 Å². The highest BCUT2D eigenvalue weighted by molar-refractivity contribution is 6.33. The predicted molar refractivity (Wildman–Crippen MR) is 87.2 cm³/mol. The first-order valence-electron chi connectivity index (χ1n) is 7.40. The second-order valence-corrected chi connectivity index (χ2v) is 5.83. The van der Waals surface area contributed by atoms with Crippen LogP contribution in [0.3, 0.4) is 0 Å². The number of aromatic nitrogens is 2. The molecule has 5 nitrogen and oxygen atoms in total. The normalized spacial score (nSPS) is 20.3. The van der Waals surface area contributed by atoms with Gasteiger partial charge < -0.3 is 10.2 Å². The van der Waals surface area contributed by atoms with Crippen molar-refractivity contribution >= 4 is 17.3 Å². The topological polar surface area (TPSA) is 50.2 Å². The zero-order valence-corrected chi connectivity index (χ0v) is 13.4. The van der Waals surface area contributed by atoms with Crippen LogP contribution < -0.4 is 15.8 Å². The van der Waals surface area contributed by atoms with E-state index in [9.17, 15) is 4.79 Å². The number of likely N-dealkylation sites (N-methyl/N-ethyl adjacent to an activating group) is 1. The Balaban J connectivity index is 2.37. The maximum Gasteiger partial charge on any atom is 0.287 e. The Labute approximate surface area is 130 Å². The van der Waals surface area contributed by atoms with Gasteiger partial charge in [0.15, 0.2) is 0 Å². The summed E-state index contributed by atoms with van der Waals surface area (Å²) in [6.45, 7) is 7.06. The van der Waals surface area contributed by atoms with Crippen LogP contribution in [-0.2, 0) is 6.54 Å². The van der Waals surface area contributed by atoms with Gasteiger partial charge in [-0.3, -0.25) is 4.79 Å². The van der Waals surface area contributed by atoms with Crippen LogP contribution in [0.4, 0.5) is 5.69 Å². The lowest BCUT2D eigenvalue weighted by Crippen LogP contribution is -2.51. The summed E-state index contributed by atoms with van der Waals surface area (Å²) in [7, 11) is 1.96. The van der Waals surface area contributed by atoms with E-state index in [1.54, 1.807) is 12.3 Å². The summed E-state index contributed by atoms with van der Waals surface area (Å²) in [5.74, 6) is 0. The second kappa shape index (κ2) is 7.09. The molecule has 21 heavy (non-hydrogen) atoms. The van der Waals surface area contributed by atoms with Crippen LogP contribution >= 0.6 is 11.6 Å². The highest BCUT2D eigenvalue weighted by atomic mass is 35.5. The minimum Gasteiger partial charge on any atom is -0.364 e. The van der Waals surface area contributed by atoms with Crippen molar-refractivity contribution in [3.05, 3.63) is 34.2 Å². The van der Waals surface area contributed by atoms with Gasteiger partial charge in [0.05, 0.1) is 18.4 Å². The van der Waals surface area contributed by atoms with E-state index in [4.69, 9.17) is 11.6 Å². The van der Waals surface area contributed by atoms with E-state index >= 15 is 0 Å². The molecule has 2 atom stereocenters. The SMILES string of the molecule is C=CCn1ncc(N2CCCCC2C(C)NC)c(Cl)c1=O. The molecule has 116 valence electrons. The summed E-state index contributed by atoms with van der Waals surface area (Å²) in [6, 6.07) is 0.662. The minimum absolute atomic E-state index is 0.252. The number of hydrogen-bond acceptors (Lipinski definition) is 4. The van der Waals surface area contributed by atoms with Gasteiger partial charge in [0.2, 0.25) is 0 Å². The number of nitrogens with zero attached hydrogens (tertiary/aromatic N) is 3. The van der Waals surface area contributed by atoms with E-state index < -0.39 is 0 Å². The van der Waals surface area contributed by atoms with E-state index in [0.29, 0.717) is 18.6 Å². The molecular weight excluding hydrogens is 288 g/mol. The smallest absolute Gasteiger partial charge is 0.287 e. The number of halogens is 1. The van der Waals surface area contributed by atoms with Gasteiger partial charge in [0.25, 0.3) is 5.56 Å². The van der Waals surface area contributed by atoms with Crippen molar-refractivity contribution in [3.8, 4) is 0 Å². The molecule has 0 spiro atoms. The summed E-state index contributed by atoms with van der Waals surface area (Å²) in [5.41, 5.74) is 0.490. The molecule has 0 bridgehead atoms. The fourth-order valence-electron chi connectivity index (χ4n) is 2.88. The van der Waals surface area contributed by atoms with Crippen LogP contribution in [0.2, 0.25) is 5.02 Å². The third-order valence-electron chi connectivity index (χ3n) is 4.16. The Morgan fingerprint density at radius 1 is 1.62 bits per heavy atom. The maximum absolute atomic E-state index is 12.2. The molecule has 0 aliphatic carbocycles. The largest absolute Gasteiger partial charge is 0.364 e. The number of anilines is 1. The highest BCUT2D eigenvalue weighted by Crippen LogP contribution is 2.29. The van der Waals surface area contributed by atoms with Gasteiger partial charge in [0.1, 0.15) is 5.02 Å². The van der Waals surface area contributed by atoms with Gasteiger partial charge in [-0.15, -0.1) is 6.58 Å². The van der Waals surface area contributed by atoms with Crippen molar-refractivity contribution < 1.29 is 0 Å². The second-order valence-electron chi connectivity index (χ2n) is 5.45. The third kappa shape index (κ3) is 3.30. The Bertz CT molecular complexity index is 557. The molecule has 2 heterocycles. The first-order valence-corrected chi connectivity index (χ1v) is 7.78. The first-order chi connectivity index (χ1) is 10.1. The molecule has 2 rings (SSSR count). The molecule has 6 heteroatoms. The van der Waals surface area contributed by atoms with E-state index in [0.717, 1.165) is 25.1 Å². The van der Waals surface area contributed by atoms with Crippen LogP contribution in [0.1, 0.15) is 26.2 Å². The van der Waals surface area contributed by atoms with E-state index in [2.05, 4.69) is 28.8 Å². The van der Waals surface area contributed by atoms with Crippen molar-refractivity contribution in [2.24, 2.45) is 0 Å². The fraction of sp³-hybridized carbons (Fsp3) is 0.600. The molecule has 1 aromatic rings. The van der Waals surface area contributed by atoms with Crippen molar-refractivity contribution in [3.63, 3.8) is 0 Å². The first kappa shape index (κ1) is 16.0. The Hall–Kier alpha value is -1.33. The van der Waals surface area contributed by atoms with Crippen LogP contribution in [0.25, 0.3) is 0 Å². The third-order valence-corrected chi connectivity index (χ3v) is 4.51. The van der Waals surface area contributed by atoms with Crippen LogP contribution in [-0.4, -0.2) is 35.5 Å². The summed E-state index contributed by atoms with van der Waals surface area (Å²) in [5, 5.41) is 7.76. The van der Waals surface area contributed by atoms with Gasteiger partial charge >= 0.3 is 0 Å². The molecule has 0 radical (unpaired) electrons. The highest BCUT2D eigenvalue weighted by Gasteiger charge is 2.29. The van der Waals surface area contributed by atoms with Gasteiger partial charge in [-0.25, -0.2) is 4.68 Å². The number of piperidine rings is 1. The van der Waals surface area contributed by atoms with Gasteiger partial charge in [-0.1, -0.05) is 17.7 Å². The number of hydrogen-bond donors (Lipinski definition) is 1. The zero-order valence-electron chi connectivity index (χ0n) is 12.7. The lowest BCUT2D eigenvalue weighted by atomic mass is 9.96. The van der Waals surface area contributed by atoms with Gasteiger partial charge in [-0.05, 0) is 33.2 Å². The quantitative estimate of drug-likeness (QED) is 0.846. The molecule has 0 amide bonds. The van der Waals surface area contributed by atoms with Crippen molar-refractivity contribution in [1.29, 1.82) is 0 Å². The van der Waals surface area contributed by atoms with E-state index in [-0.39, 0.29) is 10.6 Å². The monoisotopic (exact) mass is 310 g/mol. The summed E-state index contributed by atoms with van der Waals surface area (Å²) < 4.78 is 1.33. The number of allylic oxidation sites excluding steroid dienone is 1. The molecular formula is C15H23ClN4O. The molecule has 2 unspecified atom stereocenters. The molecule has 0 aromatic carbocycles. The van der Waals surface area contributed by atoms with Crippen molar-refractivity contribution in [1.82, 2.24) is 15.1 Å². The van der Waals surface area contributed by atoms with Crippen molar-refractivity contribution in [2.45, 2.75) is 44.8 Å². The average molecular weight is 311 g/mol. The standard InChI is InChI=1S/C15H23ClN4O/c1-4-8-20-15(21)14(16)13(10-18-20)19-9-6-5-7-12(19)11(2)17-3/h4,10-12,17H,1,5-9H2,2-3H3. The molecule has 0 saturated carbocycles. The van der Waals surface area contributed by atoms with E-state index in [1.165, 1.54) is 11.1 Å². The molecule has 1 fully saturated rings. The lowest BCUT2D eigenvalue weighted by Gasteiger charge is -2.40. The van der Waals surface area contributed by atoms with Crippen molar-refractivity contribution in [2.75, 3.05) is 18.5 Å². The average Bonchev–Trinajstić information content (AvgIpc) is 2.51. The fourth-order valence-corrected chi connectivity index (χ4v) is 3.13. The molecule has 1 aliphatic rings. The van der Waals surface area contributed by atoms with Crippen LogP contribution in [0.15, 0.2) is 23.6 Å². The van der Waals surface area contributed by atoms with E-state index in [1.807, 2.05) is 7.05 Å². The van der Waals surface area contributed by atoms with Gasteiger partial charge in [-0.2, -0.15) is 5.10 Å². The lowest BCUT2D eigenvalue weighted by molar-refractivity contribution is 0.381. The summed E-state index contributed by atoms with van der Waals surface area (Å²) >= 11 is 6.31. The number of rotatable bonds is 5. The van der Waals surface area contributed by atoms with Crippen LogP contribution in [0.5, 0.6) is 0 Å². The Morgan fingerprint density at radius 3 is 3.05 bits per heavy atom. The molecule has 1 aromatic heterocycles. The number of nitrogens with one attached hydrogen (secondary N) is 1. The zero-order chi connectivity index (χ0) is 15.4. The molecule has 1 saturated heterocycles. The minimum atomic E-state index is -0.254. The predicted octanol–water partition coefficient (Wildman–Crippen LogP) is 2.05. The molecule has 1 N–H and O–H groups in total. The van der Waals surface area contributed by atoms with Crippen LogP contribution in [0, 0.1) is 0 Å². The summed E-state index contributed by atoms with van der Waals surface area (Å²) in [6.07, 6.45) is 6.74.